The highest BCUT2D eigenvalue weighted by Crippen LogP contribution is 2.26. The molecule has 0 atom stereocenters. The number of hydrogen-bond acceptors (Lipinski definition) is 1. The van der Waals surface area contributed by atoms with Crippen LogP contribution in [0.4, 0.5) is 0 Å². The van der Waals surface area contributed by atoms with E-state index in [-0.39, 0.29) is 5.56 Å². The van der Waals surface area contributed by atoms with Gasteiger partial charge in [-0.25, -0.2) is 0 Å². The average molecular weight is 252 g/mol. The number of fused-ring (bicyclic) bond motifs is 5. The van der Waals surface area contributed by atoms with E-state index < -0.39 is 0 Å². The van der Waals surface area contributed by atoms with Gasteiger partial charge in [-0.3, -0.25) is 4.79 Å². The molecule has 4 rings (SSSR count). The molecule has 1 aliphatic rings. The minimum Gasteiger partial charge on any atom is -0.308 e. The first-order valence-electron chi connectivity index (χ1n) is 6.88. The van der Waals surface area contributed by atoms with Crippen LogP contribution in [0.5, 0.6) is 0 Å². The van der Waals surface area contributed by atoms with Gasteiger partial charge in [-0.15, -0.1) is 0 Å². The maximum atomic E-state index is 12.5. The monoisotopic (exact) mass is 252 g/mol. The van der Waals surface area contributed by atoms with Gasteiger partial charge in [-0.1, -0.05) is 12.1 Å². The van der Waals surface area contributed by atoms with Crippen LogP contribution >= 0.6 is 0 Å². The summed E-state index contributed by atoms with van der Waals surface area (Å²) in [5.74, 6) is 0. The van der Waals surface area contributed by atoms with Crippen LogP contribution < -0.4 is 5.56 Å². The number of hydrogen-bond donors (Lipinski definition) is 0. The third kappa shape index (κ3) is 1.35. The Labute approximate surface area is 111 Å². The Morgan fingerprint density at radius 2 is 1.74 bits per heavy atom. The number of benzene rings is 1. The molecule has 3 nitrogen and oxygen atoms in total. The molecule has 0 unspecified atom stereocenters. The third-order valence-corrected chi connectivity index (χ3v) is 4.31. The molecule has 0 radical (unpaired) electrons. The lowest BCUT2D eigenvalue weighted by Crippen LogP contribution is -2.20. The number of rotatable bonds is 0. The minimum absolute atomic E-state index is 0.105. The van der Waals surface area contributed by atoms with Crippen LogP contribution in [-0.4, -0.2) is 8.97 Å². The molecule has 0 bridgehead atoms. The van der Waals surface area contributed by atoms with Gasteiger partial charge in [0, 0.05) is 12.7 Å². The highest BCUT2D eigenvalue weighted by molar-refractivity contribution is 5.80. The summed E-state index contributed by atoms with van der Waals surface area (Å²) in [4.78, 5) is 12.5. The first-order chi connectivity index (χ1) is 9.27. The van der Waals surface area contributed by atoms with E-state index in [4.69, 9.17) is 0 Å². The second-order valence-corrected chi connectivity index (χ2v) is 5.40. The van der Waals surface area contributed by atoms with E-state index in [0.717, 1.165) is 29.4 Å². The van der Waals surface area contributed by atoms with Crippen LogP contribution in [0, 0.1) is 0 Å². The van der Waals surface area contributed by atoms with Crippen LogP contribution in [0.15, 0.2) is 35.1 Å². The molecule has 0 saturated heterocycles. The molecule has 0 N–H and O–H groups in total. The summed E-state index contributed by atoms with van der Waals surface area (Å²) < 4.78 is 3.95. The summed E-state index contributed by atoms with van der Waals surface area (Å²) in [5.41, 5.74) is 5.78. The molecule has 1 aliphatic carbocycles. The normalized spacial score (nSPS) is 15.0. The predicted molar refractivity (Wildman–Crippen MR) is 76.8 cm³/mol. The standard InChI is InChI=1S/C16H16N2O/c1-17-13-8-4-5-9-14(13)18-12-7-3-2-6-11(12)10-15(18)16(17)19/h4-5,8-10H,2-3,6-7H2,1H3. The summed E-state index contributed by atoms with van der Waals surface area (Å²) >= 11 is 0. The van der Waals surface area contributed by atoms with Gasteiger partial charge in [0.15, 0.2) is 0 Å². The Balaban J connectivity index is 2.31. The molecule has 1 aromatic carbocycles. The van der Waals surface area contributed by atoms with Gasteiger partial charge in [-0.2, -0.15) is 0 Å². The zero-order valence-corrected chi connectivity index (χ0v) is 11.0. The van der Waals surface area contributed by atoms with Crippen LogP contribution in [0.1, 0.15) is 24.1 Å². The zero-order chi connectivity index (χ0) is 13.0. The van der Waals surface area contributed by atoms with Gasteiger partial charge in [-0.05, 0) is 49.4 Å². The fourth-order valence-corrected chi connectivity index (χ4v) is 3.35. The predicted octanol–water partition coefficient (Wildman–Crippen LogP) is 2.67. The number of aryl methyl sites for hydroxylation is 3. The minimum atomic E-state index is 0.105. The summed E-state index contributed by atoms with van der Waals surface area (Å²) in [5, 5.41) is 0. The van der Waals surface area contributed by atoms with Crippen molar-refractivity contribution in [3.8, 4) is 0 Å². The van der Waals surface area contributed by atoms with Gasteiger partial charge in [0.05, 0.1) is 11.0 Å². The largest absolute Gasteiger partial charge is 0.308 e. The molecular weight excluding hydrogens is 236 g/mol. The smallest absolute Gasteiger partial charge is 0.275 e. The van der Waals surface area contributed by atoms with Crippen molar-refractivity contribution in [3.63, 3.8) is 0 Å². The summed E-state index contributed by atoms with van der Waals surface area (Å²) in [6.07, 6.45) is 4.65. The molecule has 0 aliphatic heterocycles. The van der Waals surface area contributed by atoms with E-state index in [0.29, 0.717) is 0 Å². The molecule has 96 valence electrons. The number of para-hydroxylation sites is 2. The number of nitrogens with zero attached hydrogens (tertiary/aromatic N) is 2. The lowest BCUT2D eigenvalue weighted by atomic mass is 9.98. The summed E-state index contributed by atoms with van der Waals surface area (Å²) in [7, 11) is 1.86. The van der Waals surface area contributed by atoms with Crippen molar-refractivity contribution < 1.29 is 0 Å². The first kappa shape index (κ1) is 10.9. The van der Waals surface area contributed by atoms with Crippen LogP contribution in [0.2, 0.25) is 0 Å². The number of aromatic nitrogens is 2. The molecule has 2 aromatic heterocycles. The molecule has 2 heterocycles. The second kappa shape index (κ2) is 3.73. The third-order valence-electron chi connectivity index (χ3n) is 4.31. The molecule has 0 spiro atoms. The van der Waals surface area contributed by atoms with Crippen LogP contribution in [-0.2, 0) is 19.9 Å². The van der Waals surface area contributed by atoms with Gasteiger partial charge in [0.2, 0.25) is 0 Å². The van der Waals surface area contributed by atoms with Gasteiger partial charge in [0.1, 0.15) is 5.52 Å². The Hall–Kier alpha value is -2.03. The highest BCUT2D eigenvalue weighted by atomic mass is 16.1. The van der Waals surface area contributed by atoms with Crippen molar-refractivity contribution >= 4 is 16.6 Å². The molecule has 19 heavy (non-hydrogen) atoms. The van der Waals surface area contributed by atoms with Crippen molar-refractivity contribution in [2.45, 2.75) is 25.7 Å². The maximum absolute atomic E-state index is 12.5. The maximum Gasteiger partial charge on any atom is 0.275 e. The van der Waals surface area contributed by atoms with Gasteiger partial charge >= 0.3 is 0 Å². The molecule has 3 heteroatoms. The van der Waals surface area contributed by atoms with Crippen molar-refractivity contribution in [2.75, 3.05) is 0 Å². The van der Waals surface area contributed by atoms with E-state index >= 15 is 0 Å². The van der Waals surface area contributed by atoms with Crippen LogP contribution in [0.3, 0.4) is 0 Å². The molecule has 0 amide bonds. The fraction of sp³-hybridized carbons (Fsp3) is 0.312. The second-order valence-electron chi connectivity index (χ2n) is 5.40. The van der Waals surface area contributed by atoms with Crippen molar-refractivity contribution in [1.29, 1.82) is 0 Å². The molecule has 0 saturated carbocycles. The van der Waals surface area contributed by atoms with Crippen molar-refractivity contribution in [3.05, 3.63) is 51.9 Å². The SMILES string of the molecule is Cn1c(=O)c2cc3c(n2c2ccccc21)CCCC3. The lowest BCUT2D eigenvalue weighted by molar-refractivity contribution is 0.671. The Bertz CT molecular complexity index is 854. The van der Waals surface area contributed by atoms with E-state index in [9.17, 15) is 4.79 Å². The Morgan fingerprint density at radius 1 is 1.00 bits per heavy atom. The van der Waals surface area contributed by atoms with Crippen LogP contribution in [0.25, 0.3) is 16.6 Å². The van der Waals surface area contributed by atoms with Crippen molar-refractivity contribution in [1.82, 2.24) is 8.97 Å². The average Bonchev–Trinajstić information content (AvgIpc) is 2.84. The van der Waals surface area contributed by atoms with Crippen molar-refractivity contribution in [2.24, 2.45) is 7.05 Å². The topological polar surface area (TPSA) is 26.4 Å². The van der Waals surface area contributed by atoms with E-state index in [1.165, 1.54) is 24.1 Å². The fourth-order valence-electron chi connectivity index (χ4n) is 3.35. The van der Waals surface area contributed by atoms with E-state index in [1.54, 1.807) is 4.57 Å². The van der Waals surface area contributed by atoms with E-state index in [1.807, 2.05) is 25.2 Å². The lowest BCUT2D eigenvalue weighted by Gasteiger charge is -2.14. The Morgan fingerprint density at radius 3 is 2.58 bits per heavy atom. The molecular formula is C16H16N2O. The highest BCUT2D eigenvalue weighted by Gasteiger charge is 2.18. The Kier molecular flexibility index (Phi) is 2.13. The summed E-state index contributed by atoms with van der Waals surface area (Å²) in [6, 6.07) is 10.3. The molecule has 0 fully saturated rings. The first-order valence-corrected chi connectivity index (χ1v) is 6.88. The molecule has 3 aromatic rings. The van der Waals surface area contributed by atoms with E-state index in [2.05, 4.69) is 16.5 Å². The summed E-state index contributed by atoms with van der Waals surface area (Å²) in [6.45, 7) is 0. The van der Waals surface area contributed by atoms with Gasteiger partial charge < -0.3 is 8.97 Å². The zero-order valence-electron chi connectivity index (χ0n) is 11.0. The van der Waals surface area contributed by atoms with Gasteiger partial charge in [0.25, 0.3) is 5.56 Å². The quantitative estimate of drug-likeness (QED) is 0.604.